The van der Waals surface area contributed by atoms with Crippen LogP contribution in [0.15, 0.2) is 58.3 Å². The highest BCUT2D eigenvalue weighted by atomic mass is 35.5. The van der Waals surface area contributed by atoms with E-state index in [9.17, 15) is 4.79 Å². The predicted octanol–water partition coefficient (Wildman–Crippen LogP) is 5.38. The van der Waals surface area contributed by atoms with Crippen LogP contribution in [0.3, 0.4) is 0 Å². The number of carbonyl (C=O) groups excluding carboxylic acids is 1. The lowest BCUT2D eigenvalue weighted by Crippen LogP contribution is -2.25. The van der Waals surface area contributed by atoms with Crippen molar-refractivity contribution in [3.8, 4) is 0 Å². The molecule has 0 aliphatic heterocycles. The van der Waals surface area contributed by atoms with Crippen LogP contribution in [0.1, 0.15) is 6.42 Å². The number of halogens is 2. The smallest absolute Gasteiger partial charge is 0.220 e. The molecule has 0 saturated heterocycles. The van der Waals surface area contributed by atoms with Gasteiger partial charge in [-0.3, -0.25) is 4.79 Å². The van der Waals surface area contributed by atoms with E-state index in [1.54, 1.807) is 23.9 Å². The van der Waals surface area contributed by atoms with Gasteiger partial charge in [0.25, 0.3) is 0 Å². The minimum atomic E-state index is 0.0503. The van der Waals surface area contributed by atoms with Crippen LogP contribution in [0.4, 0.5) is 0 Å². The SMILES string of the molecule is O=C(CCSc1c(Cl)cccc1Cl)NCCSc1ccccc1. The topological polar surface area (TPSA) is 29.1 Å². The maximum Gasteiger partial charge on any atom is 0.220 e. The molecule has 1 amide bonds. The van der Waals surface area contributed by atoms with Crippen molar-refractivity contribution in [1.82, 2.24) is 5.32 Å². The molecular weight excluding hydrogens is 369 g/mol. The molecule has 0 aliphatic rings. The minimum absolute atomic E-state index is 0.0503. The first-order valence-corrected chi connectivity index (χ1v) is 9.91. The molecule has 122 valence electrons. The van der Waals surface area contributed by atoms with Crippen LogP contribution in [-0.2, 0) is 4.79 Å². The van der Waals surface area contributed by atoms with Crippen LogP contribution < -0.4 is 5.32 Å². The largest absolute Gasteiger partial charge is 0.355 e. The van der Waals surface area contributed by atoms with E-state index in [2.05, 4.69) is 17.4 Å². The fourth-order valence-electron chi connectivity index (χ4n) is 1.83. The summed E-state index contributed by atoms with van der Waals surface area (Å²) in [6.07, 6.45) is 0.447. The molecule has 6 heteroatoms. The van der Waals surface area contributed by atoms with Gasteiger partial charge in [-0.2, -0.15) is 0 Å². The Hall–Kier alpha value is -0.810. The highest BCUT2D eigenvalue weighted by Gasteiger charge is 2.07. The molecule has 0 fully saturated rings. The van der Waals surface area contributed by atoms with E-state index in [1.807, 2.05) is 24.3 Å². The van der Waals surface area contributed by atoms with Gasteiger partial charge in [-0.25, -0.2) is 0 Å². The monoisotopic (exact) mass is 385 g/mol. The molecular formula is C17H17Cl2NOS2. The van der Waals surface area contributed by atoms with Gasteiger partial charge in [-0.15, -0.1) is 23.5 Å². The van der Waals surface area contributed by atoms with Crippen LogP contribution in [0.5, 0.6) is 0 Å². The van der Waals surface area contributed by atoms with E-state index in [0.29, 0.717) is 28.8 Å². The van der Waals surface area contributed by atoms with Crippen molar-refractivity contribution < 1.29 is 4.79 Å². The average molecular weight is 386 g/mol. The molecule has 23 heavy (non-hydrogen) atoms. The molecule has 0 aliphatic carbocycles. The molecule has 0 aromatic heterocycles. The van der Waals surface area contributed by atoms with Crippen molar-refractivity contribution in [2.24, 2.45) is 0 Å². The molecule has 2 aromatic carbocycles. The Morgan fingerprint density at radius 2 is 1.61 bits per heavy atom. The molecule has 0 spiro atoms. The lowest BCUT2D eigenvalue weighted by atomic mass is 10.4. The minimum Gasteiger partial charge on any atom is -0.355 e. The van der Waals surface area contributed by atoms with Crippen LogP contribution >= 0.6 is 46.7 Å². The number of nitrogens with one attached hydrogen (secondary N) is 1. The Labute approximate surface area is 155 Å². The number of rotatable bonds is 8. The second-order valence-corrected chi connectivity index (χ2v) is 7.75. The lowest BCUT2D eigenvalue weighted by Gasteiger charge is -2.07. The fraction of sp³-hybridized carbons (Fsp3) is 0.235. The third-order valence-electron chi connectivity index (χ3n) is 2.93. The van der Waals surface area contributed by atoms with E-state index in [1.165, 1.54) is 16.7 Å². The Kier molecular flexibility index (Phi) is 8.17. The highest BCUT2D eigenvalue weighted by molar-refractivity contribution is 7.99. The first kappa shape index (κ1) is 18.5. The molecule has 2 rings (SSSR count). The standard InChI is InChI=1S/C17H17Cl2NOS2/c18-14-7-4-8-15(19)17(14)23-11-9-16(21)20-10-12-22-13-5-2-1-3-6-13/h1-8H,9-12H2,(H,20,21). The van der Waals surface area contributed by atoms with Gasteiger partial charge < -0.3 is 5.32 Å². The normalized spacial score (nSPS) is 10.5. The molecule has 0 unspecified atom stereocenters. The van der Waals surface area contributed by atoms with Crippen LogP contribution in [0.2, 0.25) is 10.0 Å². The van der Waals surface area contributed by atoms with E-state index >= 15 is 0 Å². The Morgan fingerprint density at radius 1 is 0.913 bits per heavy atom. The van der Waals surface area contributed by atoms with Crippen molar-refractivity contribution in [2.75, 3.05) is 18.1 Å². The molecule has 2 aromatic rings. The van der Waals surface area contributed by atoms with Gasteiger partial charge in [0.15, 0.2) is 0 Å². The maximum atomic E-state index is 11.8. The summed E-state index contributed by atoms with van der Waals surface area (Å²) in [5, 5.41) is 4.18. The quantitative estimate of drug-likeness (QED) is 0.488. The van der Waals surface area contributed by atoms with Crippen LogP contribution in [-0.4, -0.2) is 24.0 Å². The predicted molar refractivity (Wildman–Crippen MR) is 102 cm³/mol. The zero-order valence-electron chi connectivity index (χ0n) is 12.4. The van der Waals surface area contributed by atoms with Crippen molar-refractivity contribution in [3.05, 3.63) is 58.6 Å². The summed E-state index contributed by atoms with van der Waals surface area (Å²) >= 11 is 15.4. The summed E-state index contributed by atoms with van der Waals surface area (Å²) in [5.41, 5.74) is 0. The van der Waals surface area contributed by atoms with E-state index < -0.39 is 0 Å². The van der Waals surface area contributed by atoms with Crippen molar-refractivity contribution >= 4 is 52.6 Å². The van der Waals surface area contributed by atoms with Crippen LogP contribution in [0, 0.1) is 0 Å². The number of amides is 1. The zero-order valence-corrected chi connectivity index (χ0v) is 15.6. The summed E-state index contributed by atoms with van der Waals surface area (Å²) in [6, 6.07) is 15.6. The third kappa shape index (κ3) is 6.68. The molecule has 1 N–H and O–H groups in total. The maximum absolute atomic E-state index is 11.8. The summed E-state index contributed by atoms with van der Waals surface area (Å²) < 4.78 is 0. The van der Waals surface area contributed by atoms with E-state index in [4.69, 9.17) is 23.2 Å². The number of hydrogen-bond acceptors (Lipinski definition) is 3. The zero-order chi connectivity index (χ0) is 16.5. The van der Waals surface area contributed by atoms with Gasteiger partial charge in [-0.1, -0.05) is 47.5 Å². The Bertz CT molecular complexity index is 617. The van der Waals surface area contributed by atoms with Gasteiger partial charge in [0.2, 0.25) is 5.91 Å². The number of hydrogen-bond donors (Lipinski definition) is 1. The second-order valence-electron chi connectivity index (χ2n) is 4.66. The summed E-state index contributed by atoms with van der Waals surface area (Å²) in [5.74, 6) is 1.56. The van der Waals surface area contributed by atoms with E-state index in [0.717, 1.165) is 10.6 Å². The van der Waals surface area contributed by atoms with Crippen LogP contribution in [0.25, 0.3) is 0 Å². The van der Waals surface area contributed by atoms with Crippen molar-refractivity contribution in [3.63, 3.8) is 0 Å². The van der Waals surface area contributed by atoms with Crippen molar-refractivity contribution in [1.29, 1.82) is 0 Å². The van der Waals surface area contributed by atoms with Gasteiger partial charge in [-0.05, 0) is 24.3 Å². The van der Waals surface area contributed by atoms with Gasteiger partial charge in [0.1, 0.15) is 0 Å². The number of thioether (sulfide) groups is 2. The Morgan fingerprint density at radius 3 is 2.30 bits per heavy atom. The lowest BCUT2D eigenvalue weighted by molar-refractivity contribution is -0.120. The Balaban J connectivity index is 1.62. The van der Waals surface area contributed by atoms with Crippen molar-refractivity contribution in [2.45, 2.75) is 16.2 Å². The molecule has 0 atom stereocenters. The molecule has 0 saturated carbocycles. The van der Waals surface area contributed by atoms with Gasteiger partial charge in [0, 0.05) is 34.3 Å². The average Bonchev–Trinajstić information content (AvgIpc) is 2.55. The first-order chi connectivity index (χ1) is 11.2. The molecule has 0 bridgehead atoms. The van der Waals surface area contributed by atoms with Gasteiger partial charge in [0.05, 0.1) is 10.0 Å². The molecule has 0 heterocycles. The molecule has 2 nitrogen and oxygen atoms in total. The second kappa shape index (κ2) is 10.1. The summed E-state index contributed by atoms with van der Waals surface area (Å²) in [7, 11) is 0. The fourth-order valence-corrected chi connectivity index (χ4v) is 4.25. The number of carbonyl (C=O) groups is 1. The summed E-state index contributed by atoms with van der Waals surface area (Å²) in [6.45, 7) is 0.663. The first-order valence-electron chi connectivity index (χ1n) is 7.18. The summed E-state index contributed by atoms with van der Waals surface area (Å²) in [4.78, 5) is 13.9. The highest BCUT2D eigenvalue weighted by Crippen LogP contribution is 2.34. The number of benzene rings is 2. The van der Waals surface area contributed by atoms with Gasteiger partial charge >= 0.3 is 0 Å². The molecule has 0 radical (unpaired) electrons. The third-order valence-corrected chi connectivity index (χ3v) is 5.94. The van der Waals surface area contributed by atoms with E-state index in [-0.39, 0.29) is 5.91 Å².